The molecule has 0 amide bonds. The molecule has 1 aliphatic rings. The maximum Gasteiger partial charge on any atom is 0.0431 e. The monoisotopic (exact) mass is 319 g/mol. The molecule has 0 aliphatic heterocycles. The fourth-order valence-electron chi connectivity index (χ4n) is 4.11. The van der Waals surface area contributed by atoms with E-state index in [1.54, 1.807) is 0 Å². The van der Waals surface area contributed by atoms with Crippen LogP contribution < -0.4 is 0 Å². The maximum atomic E-state index is 8.78. The van der Waals surface area contributed by atoms with Gasteiger partial charge in [-0.3, -0.25) is 0 Å². The van der Waals surface area contributed by atoms with E-state index in [4.69, 9.17) is 5.11 Å². The molecule has 1 nitrogen and oxygen atoms in total. The van der Waals surface area contributed by atoms with Gasteiger partial charge in [-0.2, -0.15) is 0 Å². The van der Waals surface area contributed by atoms with Crippen molar-refractivity contribution in [1.82, 2.24) is 0 Å². The molecule has 0 aromatic carbocycles. The summed E-state index contributed by atoms with van der Waals surface area (Å²) < 4.78 is 0. The summed E-state index contributed by atoms with van der Waals surface area (Å²) in [6.07, 6.45) is 22.6. The third-order valence-corrected chi connectivity index (χ3v) is 5.48. The van der Waals surface area contributed by atoms with Gasteiger partial charge in [0.1, 0.15) is 0 Å². The van der Waals surface area contributed by atoms with Crippen LogP contribution in [0.15, 0.2) is 0 Å². The Morgan fingerprint density at radius 3 is 1.64 bits per heavy atom. The molecule has 0 bridgehead atoms. The summed E-state index contributed by atoms with van der Waals surface area (Å²) in [6.45, 7) is 2.68. The van der Waals surface area contributed by atoms with Crippen molar-refractivity contribution in [1.29, 1.82) is 0 Å². The van der Waals surface area contributed by atoms with Gasteiger partial charge in [0.15, 0.2) is 0 Å². The van der Waals surface area contributed by atoms with E-state index in [-0.39, 0.29) is 29.6 Å². The Morgan fingerprint density at radius 1 is 0.682 bits per heavy atom. The van der Waals surface area contributed by atoms with Crippen LogP contribution in [-0.2, 0) is 0 Å². The van der Waals surface area contributed by atoms with Crippen LogP contribution in [0.1, 0.15) is 110 Å². The summed E-state index contributed by atoms with van der Waals surface area (Å²) in [5, 5.41) is 8.78. The Kier molecular flexibility index (Phi) is 17.5. The average Bonchev–Trinajstić information content (AvgIpc) is 2.94. The third kappa shape index (κ3) is 11.5. The summed E-state index contributed by atoms with van der Waals surface area (Å²) >= 11 is 0. The van der Waals surface area contributed by atoms with E-state index < -0.39 is 0 Å². The first-order chi connectivity index (χ1) is 10.4. The Hall–Kier alpha value is 0.960. The van der Waals surface area contributed by atoms with Gasteiger partial charge in [-0.1, -0.05) is 103 Å². The molecule has 1 N–H and O–H groups in total. The molecular formula is C20H40NaO. The van der Waals surface area contributed by atoms with E-state index in [0.29, 0.717) is 6.61 Å². The fourth-order valence-corrected chi connectivity index (χ4v) is 4.11. The van der Waals surface area contributed by atoms with Gasteiger partial charge in [0.05, 0.1) is 0 Å². The van der Waals surface area contributed by atoms with Gasteiger partial charge >= 0.3 is 0 Å². The Balaban J connectivity index is 0.00000441. The normalized spacial score (nSPS) is 21.0. The van der Waals surface area contributed by atoms with Crippen LogP contribution >= 0.6 is 0 Å². The Labute approximate surface area is 162 Å². The van der Waals surface area contributed by atoms with E-state index in [0.717, 1.165) is 18.3 Å². The number of hydrogen-bond acceptors (Lipinski definition) is 1. The van der Waals surface area contributed by atoms with Crippen LogP contribution in [0.3, 0.4) is 0 Å². The van der Waals surface area contributed by atoms with Gasteiger partial charge in [0.25, 0.3) is 0 Å². The molecule has 127 valence electrons. The Bertz CT molecular complexity index is 198. The SMILES string of the molecule is CCCCCCCC[C@H]1CCC[C@@H]1CCCCCCCO.[Na]. The molecule has 22 heavy (non-hydrogen) atoms. The molecule has 0 saturated heterocycles. The van der Waals surface area contributed by atoms with Crippen LogP contribution in [0.5, 0.6) is 0 Å². The van der Waals surface area contributed by atoms with Gasteiger partial charge in [-0.15, -0.1) is 0 Å². The van der Waals surface area contributed by atoms with Crippen LogP contribution in [-0.4, -0.2) is 41.3 Å². The van der Waals surface area contributed by atoms with Crippen LogP contribution in [0.2, 0.25) is 0 Å². The largest absolute Gasteiger partial charge is 0.396 e. The van der Waals surface area contributed by atoms with E-state index in [9.17, 15) is 0 Å². The Morgan fingerprint density at radius 2 is 1.14 bits per heavy atom. The molecule has 1 aliphatic carbocycles. The predicted octanol–water partition coefficient (Wildman–Crippen LogP) is 6.11. The summed E-state index contributed by atoms with van der Waals surface area (Å²) in [4.78, 5) is 0. The predicted molar refractivity (Wildman–Crippen MR) is 99.4 cm³/mol. The van der Waals surface area contributed by atoms with Crippen LogP contribution in [0, 0.1) is 11.8 Å². The van der Waals surface area contributed by atoms with Gasteiger partial charge < -0.3 is 5.11 Å². The molecule has 0 unspecified atom stereocenters. The third-order valence-electron chi connectivity index (χ3n) is 5.48. The second-order valence-electron chi connectivity index (χ2n) is 7.29. The van der Waals surface area contributed by atoms with E-state index in [2.05, 4.69) is 6.92 Å². The summed E-state index contributed by atoms with van der Waals surface area (Å²) in [5.41, 5.74) is 0. The van der Waals surface area contributed by atoms with Crippen molar-refractivity contribution in [2.75, 3.05) is 6.61 Å². The molecule has 0 aromatic rings. The first kappa shape index (κ1) is 23.0. The zero-order valence-corrected chi connectivity index (χ0v) is 17.6. The van der Waals surface area contributed by atoms with Gasteiger partial charge in [-0.05, 0) is 18.3 Å². The minimum Gasteiger partial charge on any atom is -0.396 e. The number of unbranched alkanes of at least 4 members (excludes halogenated alkanes) is 9. The number of aliphatic hydroxyl groups is 1. The standard InChI is InChI=1S/C20H40O.Na/c1-2-3-4-5-7-10-14-19-16-13-17-20(19)15-11-8-6-9-12-18-21;/h19-21H,2-18H2,1H3;/t19-,20-;/m0./s1. The molecule has 2 atom stereocenters. The number of aliphatic hydroxyl groups excluding tert-OH is 1. The minimum atomic E-state index is 0. The number of rotatable bonds is 14. The first-order valence-electron chi connectivity index (χ1n) is 9.99. The van der Waals surface area contributed by atoms with Crippen molar-refractivity contribution < 1.29 is 5.11 Å². The van der Waals surface area contributed by atoms with Gasteiger partial charge in [-0.25, -0.2) is 0 Å². The van der Waals surface area contributed by atoms with E-state index in [1.165, 1.54) is 96.3 Å². The molecule has 0 aromatic heterocycles. The zero-order valence-electron chi connectivity index (χ0n) is 15.6. The van der Waals surface area contributed by atoms with Crippen molar-refractivity contribution >= 4 is 29.6 Å². The molecule has 0 heterocycles. The zero-order chi connectivity index (χ0) is 15.2. The van der Waals surface area contributed by atoms with E-state index >= 15 is 0 Å². The van der Waals surface area contributed by atoms with Crippen LogP contribution in [0.4, 0.5) is 0 Å². The molecule has 0 spiro atoms. The topological polar surface area (TPSA) is 20.2 Å². The maximum absolute atomic E-state index is 8.78. The molecule has 2 heteroatoms. The molecule has 1 rings (SSSR count). The summed E-state index contributed by atoms with van der Waals surface area (Å²) in [5.74, 6) is 2.12. The molecule has 1 fully saturated rings. The van der Waals surface area contributed by atoms with Gasteiger partial charge in [0, 0.05) is 36.2 Å². The van der Waals surface area contributed by atoms with Crippen molar-refractivity contribution in [3.63, 3.8) is 0 Å². The van der Waals surface area contributed by atoms with Crippen LogP contribution in [0.25, 0.3) is 0 Å². The summed E-state index contributed by atoms with van der Waals surface area (Å²) in [7, 11) is 0. The molecule has 1 radical (unpaired) electrons. The van der Waals surface area contributed by atoms with Gasteiger partial charge in [0.2, 0.25) is 0 Å². The average molecular weight is 320 g/mol. The smallest absolute Gasteiger partial charge is 0.0431 e. The first-order valence-corrected chi connectivity index (χ1v) is 9.99. The molecular weight excluding hydrogens is 279 g/mol. The second-order valence-corrected chi connectivity index (χ2v) is 7.29. The summed E-state index contributed by atoms with van der Waals surface area (Å²) in [6, 6.07) is 0. The molecule has 1 saturated carbocycles. The van der Waals surface area contributed by atoms with Crippen molar-refractivity contribution in [2.45, 2.75) is 110 Å². The second kappa shape index (κ2) is 16.8. The quantitative estimate of drug-likeness (QED) is 0.303. The van der Waals surface area contributed by atoms with E-state index in [1.807, 2.05) is 0 Å². The van der Waals surface area contributed by atoms with Crippen molar-refractivity contribution in [3.05, 3.63) is 0 Å². The fraction of sp³-hybridized carbons (Fsp3) is 1.00. The number of hydrogen-bond donors (Lipinski definition) is 1. The van der Waals surface area contributed by atoms with Crippen molar-refractivity contribution in [2.24, 2.45) is 11.8 Å². The van der Waals surface area contributed by atoms with Crippen molar-refractivity contribution in [3.8, 4) is 0 Å². The minimum absolute atomic E-state index is 0.